The number of likely N-dealkylation sites (N-methyl/N-ethyl adjacent to an activating group) is 3. The predicted octanol–water partition coefficient (Wildman–Crippen LogP) is 2.28. The van der Waals surface area contributed by atoms with Crippen molar-refractivity contribution in [3.8, 4) is 0 Å². The van der Waals surface area contributed by atoms with Crippen LogP contribution in [-0.2, 0) is 0 Å². The molecule has 1 saturated heterocycles. The van der Waals surface area contributed by atoms with Gasteiger partial charge in [0.2, 0.25) is 0 Å². The Bertz CT molecular complexity index is 418. The van der Waals surface area contributed by atoms with Crippen molar-refractivity contribution in [2.75, 3.05) is 40.8 Å². The molecule has 1 aliphatic rings. The Labute approximate surface area is 124 Å². The minimum Gasteiger partial charge on any atom is -0.312 e. The Morgan fingerprint density at radius 1 is 1.40 bits per heavy atom. The van der Waals surface area contributed by atoms with Crippen LogP contribution in [0.1, 0.15) is 30.0 Å². The average Bonchev–Trinajstić information content (AvgIpc) is 2.45. The summed E-state index contributed by atoms with van der Waals surface area (Å²) in [6.07, 6.45) is 2.64. The molecule has 0 bridgehead atoms. The number of piperidine rings is 1. The largest absolute Gasteiger partial charge is 0.312 e. The first-order chi connectivity index (χ1) is 9.61. The van der Waals surface area contributed by atoms with E-state index in [-0.39, 0.29) is 0 Å². The fraction of sp³-hybridized carbons (Fsp3) is 0.647. The highest BCUT2D eigenvalue weighted by Gasteiger charge is 2.23. The molecule has 0 saturated carbocycles. The Morgan fingerprint density at radius 3 is 2.80 bits per heavy atom. The van der Waals surface area contributed by atoms with Crippen LogP contribution >= 0.6 is 0 Å². The van der Waals surface area contributed by atoms with Gasteiger partial charge >= 0.3 is 0 Å². The highest BCUT2D eigenvalue weighted by atomic mass is 15.2. The summed E-state index contributed by atoms with van der Waals surface area (Å²) in [6.45, 7) is 5.71. The van der Waals surface area contributed by atoms with Gasteiger partial charge in [0.1, 0.15) is 0 Å². The summed E-state index contributed by atoms with van der Waals surface area (Å²) in [7, 11) is 6.57. The van der Waals surface area contributed by atoms with E-state index in [4.69, 9.17) is 0 Å². The van der Waals surface area contributed by atoms with E-state index in [9.17, 15) is 0 Å². The normalized spacial score (nSPS) is 22.1. The standard InChI is InChI=1S/C17H29N3/c1-14-8-5-6-10-16(14)17(18-2)13-20(4)15-9-7-11-19(3)12-15/h5-6,8,10,15,17-18H,7,9,11-13H2,1-4H3. The number of likely N-dealkylation sites (tertiary alicyclic amines) is 1. The van der Waals surface area contributed by atoms with Gasteiger partial charge in [-0.2, -0.15) is 0 Å². The van der Waals surface area contributed by atoms with Crippen molar-refractivity contribution in [1.82, 2.24) is 15.1 Å². The van der Waals surface area contributed by atoms with Crippen molar-refractivity contribution in [2.45, 2.75) is 31.8 Å². The molecule has 2 unspecified atom stereocenters. The lowest BCUT2D eigenvalue weighted by atomic mass is 9.99. The number of hydrogen-bond acceptors (Lipinski definition) is 3. The third-order valence-electron chi connectivity index (χ3n) is 4.61. The van der Waals surface area contributed by atoms with Crippen LogP contribution in [0.15, 0.2) is 24.3 Å². The molecule has 112 valence electrons. The smallest absolute Gasteiger partial charge is 0.0449 e. The lowest BCUT2D eigenvalue weighted by Gasteiger charge is -2.37. The molecular formula is C17H29N3. The van der Waals surface area contributed by atoms with Crippen LogP contribution in [0.4, 0.5) is 0 Å². The minimum atomic E-state index is 0.411. The molecule has 0 aliphatic carbocycles. The van der Waals surface area contributed by atoms with Crippen LogP contribution in [0.2, 0.25) is 0 Å². The quantitative estimate of drug-likeness (QED) is 0.889. The predicted molar refractivity (Wildman–Crippen MR) is 86.1 cm³/mol. The molecule has 1 N–H and O–H groups in total. The molecule has 1 aromatic rings. The van der Waals surface area contributed by atoms with Crippen molar-refractivity contribution in [1.29, 1.82) is 0 Å². The lowest BCUT2D eigenvalue weighted by molar-refractivity contribution is 0.126. The van der Waals surface area contributed by atoms with Crippen molar-refractivity contribution < 1.29 is 0 Å². The van der Waals surface area contributed by atoms with Crippen molar-refractivity contribution >= 4 is 0 Å². The molecular weight excluding hydrogens is 246 g/mol. The van der Waals surface area contributed by atoms with E-state index in [1.165, 1.54) is 37.1 Å². The van der Waals surface area contributed by atoms with E-state index < -0.39 is 0 Å². The van der Waals surface area contributed by atoms with E-state index in [2.05, 4.69) is 67.4 Å². The topological polar surface area (TPSA) is 18.5 Å². The van der Waals surface area contributed by atoms with Gasteiger partial charge in [0.25, 0.3) is 0 Å². The summed E-state index contributed by atoms with van der Waals surface area (Å²) >= 11 is 0. The maximum Gasteiger partial charge on any atom is 0.0449 e. The second-order valence-electron chi connectivity index (χ2n) is 6.20. The fourth-order valence-electron chi connectivity index (χ4n) is 3.26. The molecule has 1 aliphatic heterocycles. The molecule has 0 amide bonds. The second-order valence-corrected chi connectivity index (χ2v) is 6.20. The van der Waals surface area contributed by atoms with Gasteiger partial charge in [0.15, 0.2) is 0 Å². The van der Waals surface area contributed by atoms with Gasteiger partial charge in [0.05, 0.1) is 0 Å². The molecule has 1 aromatic carbocycles. The molecule has 1 fully saturated rings. The monoisotopic (exact) mass is 275 g/mol. The SMILES string of the molecule is CNC(CN(C)C1CCCN(C)C1)c1ccccc1C. The van der Waals surface area contributed by atoms with Gasteiger partial charge in [-0.25, -0.2) is 0 Å². The summed E-state index contributed by atoms with van der Waals surface area (Å²) < 4.78 is 0. The minimum absolute atomic E-state index is 0.411. The van der Waals surface area contributed by atoms with Gasteiger partial charge in [-0.3, -0.25) is 0 Å². The zero-order chi connectivity index (χ0) is 14.5. The Morgan fingerprint density at radius 2 is 2.15 bits per heavy atom. The van der Waals surface area contributed by atoms with Gasteiger partial charge in [-0.15, -0.1) is 0 Å². The second kappa shape index (κ2) is 7.21. The molecule has 2 rings (SSSR count). The highest BCUT2D eigenvalue weighted by molar-refractivity contribution is 5.29. The molecule has 0 spiro atoms. The average molecular weight is 275 g/mol. The molecule has 3 heteroatoms. The first kappa shape index (κ1) is 15.5. The summed E-state index contributed by atoms with van der Waals surface area (Å²) in [5.74, 6) is 0. The first-order valence-electron chi connectivity index (χ1n) is 7.73. The van der Waals surface area contributed by atoms with Crippen LogP contribution < -0.4 is 5.32 Å². The number of nitrogens with zero attached hydrogens (tertiary/aromatic N) is 2. The first-order valence-corrected chi connectivity index (χ1v) is 7.73. The third-order valence-corrected chi connectivity index (χ3v) is 4.61. The molecule has 2 atom stereocenters. The van der Waals surface area contributed by atoms with Crippen LogP contribution in [-0.4, -0.2) is 56.6 Å². The summed E-state index contributed by atoms with van der Waals surface area (Å²) in [5, 5.41) is 3.49. The van der Waals surface area contributed by atoms with Crippen LogP contribution in [0.5, 0.6) is 0 Å². The number of aryl methyl sites for hydroxylation is 1. The number of nitrogens with one attached hydrogen (secondary N) is 1. The third kappa shape index (κ3) is 3.81. The Hall–Kier alpha value is -0.900. The van der Waals surface area contributed by atoms with E-state index >= 15 is 0 Å². The van der Waals surface area contributed by atoms with Gasteiger partial charge in [-0.05, 0) is 58.6 Å². The van der Waals surface area contributed by atoms with Crippen LogP contribution in [0.25, 0.3) is 0 Å². The zero-order valence-corrected chi connectivity index (χ0v) is 13.4. The van der Waals surface area contributed by atoms with Crippen molar-refractivity contribution in [3.63, 3.8) is 0 Å². The van der Waals surface area contributed by atoms with Gasteiger partial charge in [-0.1, -0.05) is 24.3 Å². The maximum absolute atomic E-state index is 3.49. The number of rotatable bonds is 5. The molecule has 20 heavy (non-hydrogen) atoms. The van der Waals surface area contributed by atoms with Crippen molar-refractivity contribution in [2.24, 2.45) is 0 Å². The van der Waals surface area contributed by atoms with E-state index in [1.807, 2.05) is 0 Å². The van der Waals surface area contributed by atoms with Gasteiger partial charge in [0, 0.05) is 25.2 Å². The van der Waals surface area contributed by atoms with Crippen molar-refractivity contribution in [3.05, 3.63) is 35.4 Å². The Balaban J connectivity index is 2.01. The zero-order valence-electron chi connectivity index (χ0n) is 13.4. The molecule has 0 aromatic heterocycles. The maximum atomic E-state index is 3.49. The van der Waals surface area contributed by atoms with Gasteiger partial charge < -0.3 is 15.1 Å². The molecule has 1 heterocycles. The van der Waals surface area contributed by atoms with E-state index in [1.54, 1.807) is 0 Å². The van der Waals surface area contributed by atoms with E-state index in [0.29, 0.717) is 12.1 Å². The van der Waals surface area contributed by atoms with Crippen LogP contribution in [0, 0.1) is 6.92 Å². The number of benzene rings is 1. The lowest BCUT2D eigenvalue weighted by Crippen LogP contribution is -2.47. The van der Waals surface area contributed by atoms with Crippen LogP contribution in [0.3, 0.4) is 0 Å². The number of hydrogen-bond donors (Lipinski definition) is 1. The fourth-order valence-corrected chi connectivity index (χ4v) is 3.26. The molecule has 3 nitrogen and oxygen atoms in total. The highest BCUT2D eigenvalue weighted by Crippen LogP contribution is 2.21. The van der Waals surface area contributed by atoms with E-state index in [0.717, 1.165) is 6.54 Å². The summed E-state index contributed by atoms with van der Waals surface area (Å²) in [4.78, 5) is 4.98. The summed E-state index contributed by atoms with van der Waals surface area (Å²) in [6, 6.07) is 9.81. The summed E-state index contributed by atoms with van der Waals surface area (Å²) in [5.41, 5.74) is 2.80. The molecule has 0 radical (unpaired) electrons. The Kier molecular flexibility index (Phi) is 5.58.